The molecule has 0 unspecified atom stereocenters. The molecule has 24 heavy (non-hydrogen) atoms. The molecule has 6 nitrogen and oxygen atoms in total. The van der Waals surface area contributed by atoms with Crippen molar-refractivity contribution in [3.8, 4) is 17.2 Å². The molecule has 0 atom stereocenters. The van der Waals surface area contributed by atoms with Crippen molar-refractivity contribution in [2.75, 3.05) is 31.7 Å². The number of ether oxygens (including phenoxy) is 3. The number of halogens is 1. The van der Waals surface area contributed by atoms with E-state index in [0.717, 1.165) is 10.4 Å². The smallest absolute Gasteiger partial charge is 0.264 e. The molecule has 0 aliphatic carbocycles. The minimum absolute atomic E-state index is 0.0177. The Balaban J connectivity index is 1.96. The molecule has 8 heteroatoms. The van der Waals surface area contributed by atoms with Crippen LogP contribution in [0.25, 0.3) is 0 Å². The van der Waals surface area contributed by atoms with Gasteiger partial charge in [-0.15, -0.1) is 0 Å². The third-order valence-electron chi connectivity index (χ3n) is 3.67. The van der Waals surface area contributed by atoms with Crippen LogP contribution in [-0.2, 0) is 10.0 Å². The van der Waals surface area contributed by atoms with Crippen LogP contribution in [0.15, 0.2) is 41.3 Å². The molecule has 1 aliphatic heterocycles. The van der Waals surface area contributed by atoms with Gasteiger partial charge in [-0.1, -0.05) is 0 Å². The molecule has 0 aromatic heterocycles. The summed E-state index contributed by atoms with van der Waals surface area (Å²) >= 11 is 0. The number of sulfonamides is 1. The van der Waals surface area contributed by atoms with Crippen LogP contribution in [0, 0.1) is 5.82 Å². The Morgan fingerprint density at radius 2 is 1.79 bits per heavy atom. The maximum atomic E-state index is 13.8. The molecule has 2 aromatic rings. The Morgan fingerprint density at radius 1 is 1.08 bits per heavy atom. The Hall–Kier alpha value is -2.48. The molecule has 128 valence electrons. The van der Waals surface area contributed by atoms with Crippen LogP contribution in [0.2, 0.25) is 0 Å². The van der Waals surface area contributed by atoms with Crippen molar-refractivity contribution in [1.82, 2.24) is 0 Å². The second-order valence-corrected chi connectivity index (χ2v) is 7.07. The summed E-state index contributed by atoms with van der Waals surface area (Å²) in [4.78, 5) is -0.168. The lowest BCUT2D eigenvalue weighted by atomic mass is 10.2. The van der Waals surface area contributed by atoms with E-state index in [0.29, 0.717) is 30.4 Å². The minimum Gasteiger partial charge on any atom is -0.494 e. The van der Waals surface area contributed by atoms with E-state index in [2.05, 4.69) is 0 Å². The van der Waals surface area contributed by atoms with E-state index in [1.807, 2.05) is 0 Å². The first-order valence-electron chi connectivity index (χ1n) is 7.15. The largest absolute Gasteiger partial charge is 0.494 e. The maximum Gasteiger partial charge on any atom is 0.264 e. The van der Waals surface area contributed by atoms with Crippen molar-refractivity contribution >= 4 is 15.7 Å². The molecular formula is C16H16FNO5S. The quantitative estimate of drug-likeness (QED) is 0.845. The number of hydrogen-bond donors (Lipinski definition) is 0. The molecule has 0 bridgehead atoms. The van der Waals surface area contributed by atoms with Crippen LogP contribution in [0.4, 0.5) is 10.1 Å². The SMILES string of the molecule is COc1ccc(S(=O)(=O)N(C)c2ccc3c(c2)OCCO3)cc1F. The zero-order chi connectivity index (χ0) is 17.3. The van der Waals surface area contributed by atoms with Crippen molar-refractivity contribution in [1.29, 1.82) is 0 Å². The normalized spacial score (nSPS) is 13.5. The molecular weight excluding hydrogens is 337 g/mol. The Labute approximate surface area is 139 Å². The average Bonchev–Trinajstić information content (AvgIpc) is 2.60. The summed E-state index contributed by atoms with van der Waals surface area (Å²) in [6, 6.07) is 8.33. The first kappa shape index (κ1) is 16.4. The van der Waals surface area contributed by atoms with Crippen LogP contribution in [0.3, 0.4) is 0 Å². The highest BCUT2D eigenvalue weighted by atomic mass is 32.2. The van der Waals surface area contributed by atoms with E-state index in [4.69, 9.17) is 14.2 Å². The molecule has 0 saturated heterocycles. The van der Waals surface area contributed by atoms with Gasteiger partial charge in [0, 0.05) is 13.1 Å². The molecule has 2 aromatic carbocycles. The zero-order valence-electron chi connectivity index (χ0n) is 13.2. The third kappa shape index (κ3) is 2.84. The topological polar surface area (TPSA) is 65.1 Å². The second kappa shape index (κ2) is 6.20. The van der Waals surface area contributed by atoms with Crippen molar-refractivity contribution in [3.63, 3.8) is 0 Å². The van der Waals surface area contributed by atoms with E-state index in [1.165, 1.54) is 26.3 Å². The number of rotatable bonds is 4. The third-order valence-corrected chi connectivity index (χ3v) is 5.45. The van der Waals surface area contributed by atoms with Gasteiger partial charge in [0.1, 0.15) is 13.2 Å². The van der Waals surface area contributed by atoms with Gasteiger partial charge >= 0.3 is 0 Å². The van der Waals surface area contributed by atoms with Crippen LogP contribution < -0.4 is 18.5 Å². The Kier molecular flexibility index (Phi) is 4.23. The second-order valence-electron chi connectivity index (χ2n) is 5.10. The lowest BCUT2D eigenvalue weighted by Crippen LogP contribution is -2.27. The molecule has 0 fully saturated rings. The summed E-state index contributed by atoms with van der Waals surface area (Å²) in [6.07, 6.45) is 0. The van der Waals surface area contributed by atoms with Crippen molar-refractivity contribution in [3.05, 3.63) is 42.2 Å². The Morgan fingerprint density at radius 3 is 2.46 bits per heavy atom. The summed E-state index contributed by atoms with van der Waals surface area (Å²) in [6.45, 7) is 0.849. The molecule has 1 heterocycles. The number of benzene rings is 2. The standard InChI is InChI=1S/C16H16FNO5S/c1-18(11-3-5-15-16(9-11)23-8-7-22-15)24(19,20)12-4-6-14(21-2)13(17)10-12/h3-6,9-10H,7-8H2,1-2H3. The number of fused-ring (bicyclic) bond motifs is 1. The number of methoxy groups -OCH3 is 1. The molecule has 0 saturated carbocycles. The summed E-state index contributed by atoms with van der Waals surface area (Å²) in [5, 5.41) is 0. The first-order chi connectivity index (χ1) is 11.4. The number of anilines is 1. The molecule has 0 radical (unpaired) electrons. The van der Waals surface area contributed by atoms with Gasteiger partial charge in [-0.3, -0.25) is 4.31 Å². The van der Waals surface area contributed by atoms with Crippen LogP contribution >= 0.6 is 0 Å². The predicted octanol–water partition coefficient (Wildman–Crippen LogP) is 2.43. The van der Waals surface area contributed by atoms with Gasteiger partial charge in [-0.25, -0.2) is 12.8 Å². The highest BCUT2D eigenvalue weighted by molar-refractivity contribution is 7.92. The molecule has 0 spiro atoms. The predicted molar refractivity (Wildman–Crippen MR) is 86.0 cm³/mol. The van der Waals surface area contributed by atoms with Gasteiger partial charge in [-0.2, -0.15) is 0 Å². The van der Waals surface area contributed by atoms with E-state index in [9.17, 15) is 12.8 Å². The number of nitrogens with zero attached hydrogens (tertiary/aromatic N) is 1. The van der Waals surface area contributed by atoms with Gasteiger partial charge < -0.3 is 14.2 Å². The molecule has 1 aliphatic rings. The maximum absolute atomic E-state index is 13.8. The van der Waals surface area contributed by atoms with E-state index >= 15 is 0 Å². The molecule has 3 rings (SSSR count). The van der Waals surface area contributed by atoms with Gasteiger partial charge in [0.2, 0.25) is 0 Å². The lowest BCUT2D eigenvalue weighted by Gasteiger charge is -2.23. The van der Waals surface area contributed by atoms with Crippen molar-refractivity contribution in [2.24, 2.45) is 0 Å². The fourth-order valence-corrected chi connectivity index (χ4v) is 3.53. The fourth-order valence-electron chi connectivity index (χ4n) is 2.33. The fraction of sp³-hybridized carbons (Fsp3) is 0.250. The van der Waals surface area contributed by atoms with E-state index in [1.54, 1.807) is 18.2 Å². The lowest BCUT2D eigenvalue weighted by molar-refractivity contribution is 0.171. The van der Waals surface area contributed by atoms with Crippen LogP contribution in [0.1, 0.15) is 0 Å². The average molecular weight is 353 g/mol. The van der Waals surface area contributed by atoms with E-state index in [-0.39, 0.29) is 10.6 Å². The van der Waals surface area contributed by atoms with Gasteiger partial charge in [-0.05, 0) is 30.3 Å². The highest BCUT2D eigenvalue weighted by Crippen LogP contribution is 2.35. The summed E-state index contributed by atoms with van der Waals surface area (Å²) in [5.74, 6) is 0.276. The molecule has 0 amide bonds. The highest BCUT2D eigenvalue weighted by Gasteiger charge is 2.24. The summed E-state index contributed by atoms with van der Waals surface area (Å²) in [7, 11) is -1.22. The minimum atomic E-state index is -3.92. The van der Waals surface area contributed by atoms with Gasteiger partial charge in [0.25, 0.3) is 10.0 Å². The molecule has 0 N–H and O–H groups in total. The van der Waals surface area contributed by atoms with Crippen molar-refractivity contribution < 1.29 is 27.0 Å². The van der Waals surface area contributed by atoms with Crippen LogP contribution in [0.5, 0.6) is 17.2 Å². The summed E-state index contributed by atoms with van der Waals surface area (Å²) in [5.41, 5.74) is 0.385. The van der Waals surface area contributed by atoms with E-state index < -0.39 is 15.8 Å². The zero-order valence-corrected chi connectivity index (χ0v) is 14.0. The summed E-state index contributed by atoms with van der Waals surface area (Å²) < 4.78 is 56.0. The van der Waals surface area contributed by atoms with Crippen LogP contribution in [-0.4, -0.2) is 35.8 Å². The van der Waals surface area contributed by atoms with Crippen molar-refractivity contribution in [2.45, 2.75) is 4.90 Å². The monoisotopic (exact) mass is 353 g/mol. The van der Waals surface area contributed by atoms with Gasteiger partial charge in [0.15, 0.2) is 23.1 Å². The Bertz CT molecular complexity index is 869. The first-order valence-corrected chi connectivity index (χ1v) is 8.59. The van der Waals surface area contributed by atoms with Gasteiger partial charge in [0.05, 0.1) is 17.7 Å². The number of hydrogen-bond acceptors (Lipinski definition) is 5.